The third-order valence-corrected chi connectivity index (χ3v) is 4.52. The van der Waals surface area contributed by atoms with E-state index in [1.54, 1.807) is 24.3 Å². The lowest BCUT2D eigenvalue weighted by molar-refractivity contribution is -0.384. The summed E-state index contributed by atoms with van der Waals surface area (Å²) in [6.45, 7) is 0.159. The molecular weight excluding hydrogens is 405 g/mol. The van der Waals surface area contributed by atoms with Crippen LogP contribution in [0.15, 0.2) is 65.6 Å². The van der Waals surface area contributed by atoms with Gasteiger partial charge in [-0.1, -0.05) is 35.3 Å². The molecule has 0 spiro atoms. The third-order valence-electron chi connectivity index (χ3n) is 3.94. The molecule has 28 heavy (non-hydrogen) atoms. The zero-order valence-electron chi connectivity index (χ0n) is 14.3. The third kappa shape index (κ3) is 4.39. The van der Waals surface area contributed by atoms with E-state index in [4.69, 9.17) is 23.2 Å². The van der Waals surface area contributed by atoms with Gasteiger partial charge in [-0.05, 0) is 35.9 Å². The molecule has 0 bridgehead atoms. The lowest BCUT2D eigenvalue weighted by atomic mass is 10.2. The topological polar surface area (TPSA) is 94.2 Å². The van der Waals surface area contributed by atoms with Gasteiger partial charge >= 0.3 is 0 Å². The summed E-state index contributed by atoms with van der Waals surface area (Å²) in [5.74, 6) is -0.665. The Bertz CT molecular complexity index is 1130. The van der Waals surface area contributed by atoms with Crippen molar-refractivity contribution in [2.24, 2.45) is 0 Å². The molecule has 0 saturated heterocycles. The first kappa shape index (κ1) is 19.6. The number of anilines is 1. The van der Waals surface area contributed by atoms with Gasteiger partial charge in [0.2, 0.25) is 0 Å². The van der Waals surface area contributed by atoms with Crippen LogP contribution in [-0.4, -0.2) is 15.4 Å². The molecule has 0 aliphatic heterocycles. The highest BCUT2D eigenvalue weighted by molar-refractivity contribution is 6.35. The number of benzene rings is 2. The number of non-ortho nitro benzene ring substituents is 1. The van der Waals surface area contributed by atoms with Crippen molar-refractivity contribution in [3.8, 4) is 0 Å². The number of nitro groups is 1. The summed E-state index contributed by atoms with van der Waals surface area (Å²) in [5.41, 5.74) is 0.107. The van der Waals surface area contributed by atoms with Crippen LogP contribution in [0.25, 0.3) is 0 Å². The molecule has 1 amide bonds. The first-order valence-electron chi connectivity index (χ1n) is 8.04. The number of hydrogen-bond donors (Lipinski definition) is 1. The number of hydrogen-bond acceptors (Lipinski definition) is 4. The average molecular weight is 418 g/mol. The van der Waals surface area contributed by atoms with E-state index in [1.165, 1.54) is 41.1 Å². The fourth-order valence-corrected chi connectivity index (χ4v) is 3.03. The van der Waals surface area contributed by atoms with Crippen LogP contribution in [0.4, 0.5) is 11.4 Å². The van der Waals surface area contributed by atoms with Crippen molar-refractivity contribution in [3.05, 3.63) is 102 Å². The minimum atomic E-state index is -0.665. The molecule has 2 aromatic carbocycles. The molecule has 0 unspecified atom stereocenters. The molecular formula is C19H13Cl2N3O4. The fourth-order valence-electron chi connectivity index (χ4n) is 2.56. The molecule has 3 aromatic rings. The van der Waals surface area contributed by atoms with Crippen LogP contribution in [0.3, 0.4) is 0 Å². The van der Waals surface area contributed by atoms with Gasteiger partial charge in [-0.2, -0.15) is 0 Å². The number of carbonyl (C=O) groups is 1. The van der Waals surface area contributed by atoms with Crippen molar-refractivity contribution in [1.29, 1.82) is 0 Å². The van der Waals surface area contributed by atoms with E-state index in [9.17, 15) is 19.7 Å². The zero-order chi connectivity index (χ0) is 20.3. The number of amides is 1. The summed E-state index contributed by atoms with van der Waals surface area (Å²) in [6, 6.07) is 13.3. The minimum Gasteiger partial charge on any atom is -0.322 e. The van der Waals surface area contributed by atoms with Crippen molar-refractivity contribution >= 4 is 40.5 Å². The molecule has 142 valence electrons. The Hall–Kier alpha value is -3.16. The number of halogens is 2. The Morgan fingerprint density at radius 3 is 2.61 bits per heavy atom. The molecule has 1 aromatic heterocycles. The Morgan fingerprint density at radius 1 is 1.11 bits per heavy atom. The molecule has 1 heterocycles. The maximum Gasteiger partial charge on any atom is 0.271 e. The summed E-state index contributed by atoms with van der Waals surface area (Å²) >= 11 is 12.0. The highest BCUT2D eigenvalue weighted by Crippen LogP contribution is 2.21. The molecule has 9 heteroatoms. The lowest BCUT2D eigenvalue weighted by Crippen LogP contribution is -2.29. The smallest absolute Gasteiger partial charge is 0.271 e. The Kier molecular flexibility index (Phi) is 5.77. The van der Waals surface area contributed by atoms with Crippen LogP contribution in [0.2, 0.25) is 10.0 Å². The number of nitrogens with zero attached hydrogens (tertiary/aromatic N) is 2. The average Bonchev–Trinajstić information content (AvgIpc) is 2.65. The molecule has 0 radical (unpaired) electrons. The number of carbonyl (C=O) groups excluding carboxylic acids is 1. The summed E-state index contributed by atoms with van der Waals surface area (Å²) in [7, 11) is 0. The first-order chi connectivity index (χ1) is 13.3. The van der Waals surface area contributed by atoms with Crippen LogP contribution in [0.5, 0.6) is 0 Å². The standard InChI is InChI=1S/C19H13Cl2N3O4/c20-13-7-6-12(17(21)9-13)11-23-8-2-5-16(19(23)26)18(25)22-14-3-1-4-15(10-14)24(27)28/h1-10H,11H2,(H,22,25). The van der Waals surface area contributed by atoms with Crippen molar-refractivity contribution in [2.45, 2.75) is 6.54 Å². The number of pyridine rings is 1. The van der Waals surface area contributed by atoms with Crippen LogP contribution in [0, 0.1) is 10.1 Å². The summed E-state index contributed by atoms with van der Waals surface area (Å²) in [5, 5.41) is 14.2. The highest BCUT2D eigenvalue weighted by Gasteiger charge is 2.15. The van der Waals surface area contributed by atoms with Gasteiger partial charge in [0, 0.05) is 34.1 Å². The fraction of sp³-hybridized carbons (Fsp3) is 0.0526. The van der Waals surface area contributed by atoms with E-state index in [1.807, 2.05) is 0 Å². The maximum absolute atomic E-state index is 12.7. The normalized spacial score (nSPS) is 10.5. The number of nitro benzene ring substituents is 1. The number of nitrogens with one attached hydrogen (secondary N) is 1. The van der Waals surface area contributed by atoms with E-state index < -0.39 is 16.4 Å². The molecule has 0 atom stereocenters. The van der Waals surface area contributed by atoms with Gasteiger partial charge in [-0.25, -0.2) is 0 Å². The van der Waals surface area contributed by atoms with Gasteiger partial charge in [0.15, 0.2) is 0 Å². The maximum atomic E-state index is 12.7. The van der Waals surface area contributed by atoms with E-state index >= 15 is 0 Å². The van der Waals surface area contributed by atoms with Crippen LogP contribution < -0.4 is 10.9 Å². The Balaban J connectivity index is 1.86. The molecule has 0 fully saturated rings. The number of rotatable bonds is 5. The predicted octanol–water partition coefficient (Wildman–Crippen LogP) is 4.36. The van der Waals surface area contributed by atoms with Gasteiger partial charge in [0.05, 0.1) is 11.5 Å². The number of aromatic nitrogens is 1. The van der Waals surface area contributed by atoms with Crippen molar-refractivity contribution in [1.82, 2.24) is 4.57 Å². The van der Waals surface area contributed by atoms with Crippen molar-refractivity contribution < 1.29 is 9.72 Å². The summed E-state index contributed by atoms with van der Waals surface area (Å²) in [4.78, 5) is 35.5. The molecule has 7 nitrogen and oxygen atoms in total. The molecule has 1 N–H and O–H groups in total. The van der Waals surface area contributed by atoms with E-state index in [-0.39, 0.29) is 23.5 Å². The quantitative estimate of drug-likeness (QED) is 0.492. The largest absolute Gasteiger partial charge is 0.322 e. The highest BCUT2D eigenvalue weighted by atomic mass is 35.5. The molecule has 0 aliphatic carbocycles. The van der Waals surface area contributed by atoms with Crippen molar-refractivity contribution in [3.63, 3.8) is 0 Å². The van der Waals surface area contributed by atoms with E-state index in [2.05, 4.69) is 5.32 Å². The monoisotopic (exact) mass is 417 g/mol. The minimum absolute atomic E-state index is 0.0981. The SMILES string of the molecule is O=C(Nc1cccc([N+](=O)[O-])c1)c1cccn(Cc2ccc(Cl)cc2Cl)c1=O. The van der Waals surface area contributed by atoms with Gasteiger partial charge in [-0.3, -0.25) is 19.7 Å². The Labute approximate surface area is 169 Å². The van der Waals surface area contributed by atoms with Gasteiger partial charge in [0.25, 0.3) is 17.2 Å². The lowest BCUT2D eigenvalue weighted by Gasteiger charge is -2.10. The van der Waals surface area contributed by atoms with Gasteiger partial charge in [0.1, 0.15) is 5.56 Å². The molecule has 0 saturated carbocycles. The summed E-state index contributed by atoms with van der Waals surface area (Å²) in [6.07, 6.45) is 1.54. The van der Waals surface area contributed by atoms with Crippen molar-refractivity contribution in [2.75, 3.05) is 5.32 Å². The second kappa shape index (κ2) is 8.24. The zero-order valence-corrected chi connectivity index (χ0v) is 15.8. The summed E-state index contributed by atoms with van der Waals surface area (Å²) < 4.78 is 1.34. The van der Waals surface area contributed by atoms with Gasteiger partial charge < -0.3 is 9.88 Å². The second-order valence-electron chi connectivity index (χ2n) is 5.85. The molecule has 0 aliphatic rings. The van der Waals surface area contributed by atoms with Gasteiger partial charge in [-0.15, -0.1) is 0 Å². The molecule has 3 rings (SSSR count). The van der Waals surface area contributed by atoms with Crippen LogP contribution in [0.1, 0.15) is 15.9 Å². The van der Waals surface area contributed by atoms with Crippen LogP contribution >= 0.6 is 23.2 Å². The predicted molar refractivity (Wildman–Crippen MR) is 107 cm³/mol. The van der Waals surface area contributed by atoms with Crippen LogP contribution in [-0.2, 0) is 6.54 Å². The van der Waals surface area contributed by atoms with E-state index in [0.29, 0.717) is 15.6 Å². The Morgan fingerprint density at radius 2 is 1.89 bits per heavy atom. The second-order valence-corrected chi connectivity index (χ2v) is 6.70. The first-order valence-corrected chi connectivity index (χ1v) is 8.80. The van der Waals surface area contributed by atoms with E-state index in [0.717, 1.165) is 0 Å².